The van der Waals surface area contributed by atoms with Crippen LogP contribution in [0.5, 0.6) is 0 Å². The Labute approximate surface area is 184 Å². The van der Waals surface area contributed by atoms with Crippen LogP contribution in [-0.2, 0) is 4.79 Å². The number of nitrogens with one attached hydrogen (secondary N) is 1. The molecule has 2 aromatic rings. The Morgan fingerprint density at radius 3 is 2.32 bits per heavy atom. The smallest absolute Gasteiger partial charge is 0.255 e. The van der Waals surface area contributed by atoms with E-state index in [0.29, 0.717) is 12.1 Å². The first-order valence-electron chi connectivity index (χ1n) is 11.3. The van der Waals surface area contributed by atoms with Crippen molar-refractivity contribution < 1.29 is 14.0 Å². The second-order valence-corrected chi connectivity index (χ2v) is 8.04. The summed E-state index contributed by atoms with van der Waals surface area (Å²) < 4.78 is 13.3. The zero-order valence-electron chi connectivity index (χ0n) is 18.3. The number of hydrogen-bond donors (Lipinski definition) is 1. The van der Waals surface area contributed by atoms with Crippen molar-refractivity contribution in [3.05, 3.63) is 59.9 Å². The molecule has 5 nitrogen and oxygen atoms in total. The first-order valence-corrected chi connectivity index (χ1v) is 11.3. The molecular weight excluding hydrogens is 393 g/mol. The molecule has 1 heterocycles. The molecule has 1 saturated heterocycles. The van der Waals surface area contributed by atoms with Crippen molar-refractivity contribution in [3.63, 3.8) is 0 Å². The predicted octanol–water partition coefficient (Wildman–Crippen LogP) is 5.09. The molecule has 0 unspecified atom stereocenters. The molecule has 2 amide bonds. The van der Waals surface area contributed by atoms with E-state index in [0.717, 1.165) is 44.7 Å². The Kier molecular flexibility index (Phi) is 8.44. The van der Waals surface area contributed by atoms with Crippen molar-refractivity contribution in [2.75, 3.05) is 36.4 Å². The van der Waals surface area contributed by atoms with Crippen LogP contribution in [0.1, 0.15) is 55.8 Å². The first-order chi connectivity index (χ1) is 15.1. The third-order valence-electron chi connectivity index (χ3n) is 5.70. The summed E-state index contributed by atoms with van der Waals surface area (Å²) >= 11 is 0. The number of piperazine rings is 1. The molecule has 0 aliphatic carbocycles. The van der Waals surface area contributed by atoms with E-state index in [2.05, 4.69) is 17.1 Å². The van der Waals surface area contributed by atoms with Gasteiger partial charge in [0.25, 0.3) is 5.91 Å². The van der Waals surface area contributed by atoms with Crippen molar-refractivity contribution in [2.45, 2.75) is 45.4 Å². The average Bonchev–Trinajstić information content (AvgIpc) is 2.79. The van der Waals surface area contributed by atoms with Crippen molar-refractivity contribution in [1.82, 2.24) is 4.90 Å². The minimum Gasteiger partial charge on any atom is -0.368 e. The van der Waals surface area contributed by atoms with Gasteiger partial charge in [-0.15, -0.1) is 0 Å². The van der Waals surface area contributed by atoms with Crippen molar-refractivity contribution >= 4 is 23.2 Å². The van der Waals surface area contributed by atoms with Gasteiger partial charge in [0.1, 0.15) is 5.82 Å². The van der Waals surface area contributed by atoms with E-state index in [1.165, 1.54) is 37.5 Å². The van der Waals surface area contributed by atoms with Crippen molar-refractivity contribution in [2.24, 2.45) is 0 Å². The Bertz CT molecular complexity index is 861. The summed E-state index contributed by atoms with van der Waals surface area (Å²) in [5.41, 5.74) is 2.01. The number of hydrogen-bond acceptors (Lipinski definition) is 3. The Hall–Kier alpha value is -2.89. The van der Waals surface area contributed by atoms with E-state index < -0.39 is 5.82 Å². The highest BCUT2D eigenvalue weighted by Gasteiger charge is 2.21. The standard InChI is InChI=1S/C25H32FN3O2/c1-2-3-4-5-6-10-24(30)29-17-15-28(16-18-29)23-13-11-22(12-14-23)27-25(31)20-8-7-9-21(26)19-20/h7-9,11-14,19H,2-6,10,15-18H2,1H3,(H,27,31). The summed E-state index contributed by atoms with van der Waals surface area (Å²) in [6.07, 6.45) is 6.47. The van der Waals surface area contributed by atoms with E-state index in [1.54, 1.807) is 6.07 Å². The zero-order chi connectivity index (χ0) is 22.1. The molecule has 31 heavy (non-hydrogen) atoms. The second-order valence-electron chi connectivity index (χ2n) is 8.04. The van der Waals surface area contributed by atoms with Crippen molar-refractivity contribution in [1.29, 1.82) is 0 Å². The molecule has 0 radical (unpaired) electrons. The number of halogens is 1. The van der Waals surface area contributed by atoms with E-state index in [1.807, 2.05) is 29.2 Å². The van der Waals surface area contributed by atoms with Gasteiger partial charge in [-0.25, -0.2) is 4.39 Å². The second kappa shape index (κ2) is 11.5. The Morgan fingerprint density at radius 1 is 0.935 bits per heavy atom. The zero-order valence-corrected chi connectivity index (χ0v) is 18.3. The lowest BCUT2D eigenvalue weighted by Gasteiger charge is -2.36. The lowest BCUT2D eigenvalue weighted by Crippen LogP contribution is -2.48. The number of nitrogens with zero attached hydrogens (tertiary/aromatic N) is 2. The van der Waals surface area contributed by atoms with E-state index in [4.69, 9.17) is 0 Å². The van der Waals surface area contributed by atoms with Crippen LogP contribution in [0.3, 0.4) is 0 Å². The Morgan fingerprint density at radius 2 is 1.65 bits per heavy atom. The van der Waals surface area contributed by atoms with E-state index in [-0.39, 0.29) is 17.4 Å². The molecule has 0 aromatic heterocycles. The van der Waals surface area contributed by atoms with Gasteiger partial charge in [-0.05, 0) is 48.9 Å². The van der Waals surface area contributed by atoms with Gasteiger partial charge in [0, 0.05) is 49.5 Å². The fourth-order valence-electron chi connectivity index (χ4n) is 3.84. The maximum atomic E-state index is 13.3. The fourth-order valence-corrected chi connectivity index (χ4v) is 3.84. The number of anilines is 2. The monoisotopic (exact) mass is 425 g/mol. The molecule has 2 aromatic carbocycles. The predicted molar refractivity (Wildman–Crippen MR) is 123 cm³/mol. The number of rotatable bonds is 9. The molecule has 0 atom stereocenters. The molecular formula is C25H32FN3O2. The summed E-state index contributed by atoms with van der Waals surface area (Å²) in [5, 5.41) is 2.79. The third-order valence-corrected chi connectivity index (χ3v) is 5.70. The molecule has 1 aliphatic heterocycles. The molecule has 0 bridgehead atoms. The largest absolute Gasteiger partial charge is 0.368 e. The van der Waals surface area contributed by atoms with Gasteiger partial charge >= 0.3 is 0 Å². The summed E-state index contributed by atoms with van der Waals surface area (Å²) in [6.45, 7) is 5.28. The number of carbonyl (C=O) groups excluding carboxylic acids is 2. The number of benzene rings is 2. The highest BCUT2D eigenvalue weighted by molar-refractivity contribution is 6.04. The third kappa shape index (κ3) is 6.81. The minimum atomic E-state index is -0.433. The van der Waals surface area contributed by atoms with Crippen LogP contribution in [0.4, 0.5) is 15.8 Å². The highest BCUT2D eigenvalue weighted by Crippen LogP contribution is 2.21. The van der Waals surface area contributed by atoms with Crippen LogP contribution in [0.2, 0.25) is 0 Å². The molecule has 6 heteroatoms. The SMILES string of the molecule is CCCCCCCC(=O)N1CCN(c2ccc(NC(=O)c3cccc(F)c3)cc2)CC1. The highest BCUT2D eigenvalue weighted by atomic mass is 19.1. The quantitative estimate of drug-likeness (QED) is 0.570. The van der Waals surface area contributed by atoms with Crippen molar-refractivity contribution in [3.8, 4) is 0 Å². The van der Waals surface area contributed by atoms with Crippen LogP contribution in [0.25, 0.3) is 0 Å². The minimum absolute atomic E-state index is 0.270. The van der Waals surface area contributed by atoms with Gasteiger partial charge < -0.3 is 15.1 Å². The van der Waals surface area contributed by atoms with Crippen LogP contribution < -0.4 is 10.2 Å². The van der Waals surface area contributed by atoms with Crippen LogP contribution in [0.15, 0.2) is 48.5 Å². The average molecular weight is 426 g/mol. The number of unbranched alkanes of at least 4 members (excludes halogenated alkanes) is 4. The van der Waals surface area contributed by atoms with Gasteiger partial charge in [-0.3, -0.25) is 9.59 Å². The maximum absolute atomic E-state index is 13.3. The molecule has 3 rings (SSSR count). The van der Waals surface area contributed by atoms with Gasteiger partial charge in [0.2, 0.25) is 5.91 Å². The van der Waals surface area contributed by atoms with Gasteiger partial charge in [-0.1, -0.05) is 38.7 Å². The molecule has 1 fully saturated rings. The van der Waals surface area contributed by atoms with Crippen LogP contribution in [-0.4, -0.2) is 42.9 Å². The number of amides is 2. The molecule has 0 saturated carbocycles. The molecule has 166 valence electrons. The number of carbonyl (C=O) groups is 2. The molecule has 1 N–H and O–H groups in total. The van der Waals surface area contributed by atoms with Gasteiger partial charge in [-0.2, -0.15) is 0 Å². The summed E-state index contributed by atoms with van der Waals surface area (Å²) in [5.74, 6) is -0.502. The van der Waals surface area contributed by atoms with E-state index in [9.17, 15) is 14.0 Å². The summed E-state index contributed by atoms with van der Waals surface area (Å²) in [7, 11) is 0. The summed E-state index contributed by atoms with van der Waals surface area (Å²) in [6, 6.07) is 13.3. The Balaban J connectivity index is 1.44. The van der Waals surface area contributed by atoms with E-state index >= 15 is 0 Å². The fraction of sp³-hybridized carbons (Fsp3) is 0.440. The topological polar surface area (TPSA) is 52.7 Å². The lowest BCUT2D eigenvalue weighted by molar-refractivity contribution is -0.131. The first kappa shape index (κ1) is 22.8. The molecule has 1 aliphatic rings. The van der Waals surface area contributed by atoms with Gasteiger partial charge in [0.05, 0.1) is 0 Å². The van der Waals surface area contributed by atoms with Crippen LogP contribution >= 0.6 is 0 Å². The lowest BCUT2D eigenvalue weighted by atomic mass is 10.1. The van der Waals surface area contributed by atoms with Gasteiger partial charge in [0.15, 0.2) is 0 Å². The van der Waals surface area contributed by atoms with Crippen LogP contribution in [0, 0.1) is 5.82 Å². The maximum Gasteiger partial charge on any atom is 0.255 e. The normalized spacial score (nSPS) is 13.9. The molecule has 0 spiro atoms. The summed E-state index contributed by atoms with van der Waals surface area (Å²) in [4.78, 5) is 28.9.